The fourth-order valence-corrected chi connectivity index (χ4v) is 4.37. The number of benzene rings is 1. The van der Waals surface area contributed by atoms with Crippen molar-refractivity contribution in [3.8, 4) is 0 Å². The van der Waals surface area contributed by atoms with Crippen molar-refractivity contribution < 1.29 is 9.84 Å². The lowest BCUT2D eigenvalue weighted by molar-refractivity contribution is 0.0466. The molecule has 1 aliphatic heterocycles. The molecule has 1 fully saturated rings. The van der Waals surface area contributed by atoms with Gasteiger partial charge in [0.15, 0.2) is 0 Å². The smallest absolute Gasteiger partial charge is 0.128 e. The maximum Gasteiger partial charge on any atom is 0.128 e. The van der Waals surface area contributed by atoms with Crippen LogP contribution < -0.4 is 4.90 Å². The van der Waals surface area contributed by atoms with Gasteiger partial charge in [0, 0.05) is 56.7 Å². The third-order valence-corrected chi connectivity index (χ3v) is 5.95. The Hall–Kier alpha value is -1.66. The lowest BCUT2D eigenvalue weighted by atomic mass is 9.97. The van der Waals surface area contributed by atoms with E-state index >= 15 is 0 Å². The Bertz CT molecular complexity index is 706. The molecule has 5 nitrogen and oxygen atoms in total. The van der Waals surface area contributed by atoms with Crippen LogP contribution in [0.25, 0.3) is 0 Å². The summed E-state index contributed by atoms with van der Waals surface area (Å²) in [5, 5.41) is 10.2. The van der Waals surface area contributed by atoms with Gasteiger partial charge in [0.25, 0.3) is 0 Å². The zero-order chi connectivity index (χ0) is 20.5. The van der Waals surface area contributed by atoms with Crippen LogP contribution in [0.3, 0.4) is 0 Å². The monoisotopic (exact) mass is 417 g/mol. The summed E-state index contributed by atoms with van der Waals surface area (Å²) in [6.07, 6.45) is 5.72. The lowest BCUT2D eigenvalue weighted by Crippen LogP contribution is -2.51. The van der Waals surface area contributed by atoms with E-state index in [1.807, 2.05) is 30.5 Å². The largest absolute Gasteiger partial charge is 0.396 e. The Labute approximate surface area is 179 Å². The van der Waals surface area contributed by atoms with Crippen LogP contribution in [0.4, 0.5) is 5.82 Å². The maximum absolute atomic E-state index is 9.45. The van der Waals surface area contributed by atoms with Gasteiger partial charge in [-0.25, -0.2) is 4.98 Å². The van der Waals surface area contributed by atoms with Gasteiger partial charge >= 0.3 is 0 Å². The first-order chi connectivity index (χ1) is 14.2. The van der Waals surface area contributed by atoms with Crippen LogP contribution in [-0.2, 0) is 11.2 Å². The third kappa shape index (κ3) is 6.41. The van der Waals surface area contributed by atoms with Crippen molar-refractivity contribution >= 4 is 17.4 Å². The summed E-state index contributed by atoms with van der Waals surface area (Å²) in [6.45, 7) is 3.76. The van der Waals surface area contributed by atoms with E-state index < -0.39 is 0 Å². The van der Waals surface area contributed by atoms with Crippen molar-refractivity contribution in [2.45, 2.75) is 37.8 Å². The van der Waals surface area contributed by atoms with Gasteiger partial charge in [-0.2, -0.15) is 0 Å². The minimum Gasteiger partial charge on any atom is -0.396 e. The molecule has 1 aromatic carbocycles. The molecule has 0 amide bonds. The van der Waals surface area contributed by atoms with Gasteiger partial charge in [-0.1, -0.05) is 29.8 Å². The summed E-state index contributed by atoms with van der Waals surface area (Å²) in [4.78, 5) is 9.42. The summed E-state index contributed by atoms with van der Waals surface area (Å²) in [5.74, 6) is 1.06. The molecule has 1 unspecified atom stereocenters. The van der Waals surface area contributed by atoms with Crippen molar-refractivity contribution in [1.82, 2.24) is 9.88 Å². The van der Waals surface area contributed by atoms with Gasteiger partial charge < -0.3 is 14.7 Å². The number of nitrogens with zero attached hydrogens (tertiary/aromatic N) is 3. The molecule has 158 valence electrons. The molecule has 2 aromatic rings. The Morgan fingerprint density at radius 2 is 1.97 bits per heavy atom. The fraction of sp³-hybridized carbons (Fsp3) is 0.522. The second-order valence-electron chi connectivity index (χ2n) is 7.66. The number of hydrogen-bond donors (Lipinski definition) is 1. The van der Waals surface area contributed by atoms with E-state index in [0.29, 0.717) is 12.6 Å². The highest BCUT2D eigenvalue weighted by Gasteiger charge is 2.30. The first-order valence-electron chi connectivity index (χ1n) is 10.5. The first kappa shape index (κ1) is 22.0. The van der Waals surface area contributed by atoms with E-state index in [-0.39, 0.29) is 12.6 Å². The van der Waals surface area contributed by atoms with Gasteiger partial charge in [0.2, 0.25) is 0 Å². The molecule has 1 N–H and O–H groups in total. The van der Waals surface area contributed by atoms with Gasteiger partial charge in [0.05, 0.1) is 6.61 Å². The second kappa shape index (κ2) is 11.5. The van der Waals surface area contributed by atoms with E-state index in [1.165, 1.54) is 5.56 Å². The van der Waals surface area contributed by atoms with Gasteiger partial charge in [0.1, 0.15) is 5.82 Å². The zero-order valence-corrected chi connectivity index (χ0v) is 18.0. The SMILES string of the molecule is COCC(Cc1ccc(Cl)cc1)N(CCCO)C1CCN(c2ccccn2)CC1. The van der Waals surface area contributed by atoms with Gasteiger partial charge in [-0.05, 0) is 55.5 Å². The standard InChI is InChI=1S/C23H32ClN3O2/c1-29-18-22(17-19-6-8-20(24)9-7-19)27(13-4-16-28)21-10-14-26(15-11-21)23-5-2-3-12-25-23/h2-3,5-9,12,21-22,28H,4,10-11,13-18H2,1H3. The van der Waals surface area contributed by atoms with Crippen molar-refractivity contribution in [3.63, 3.8) is 0 Å². The summed E-state index contributed by atoms with van der Waals surface area (Å²) in [7, 11) is 1.77. The number of pyridine rings is 1. The first-order valence-corrected chi connectivity index (χ1v) is 10.8. The van der Waals surface area contributed by atoms with Gasteiger partial charge in [-0.3, -0.25) is 4.90 Å². The minimum atomic E-state index is 0.212. The third-order valence-electron chi connectivity index (χ3n) is 5.69. The Morgan fingerprint density at radius 3 is 2.59 bits per heavy atom. The quantitative estimate of drug-likeness (QED) is 0.639. The highest BCUT2D eigenvalue weighted by molar-refractivity contribution is 6.30. The predicted molar refractivity (Wildman–Crippen MR) is 119 cm³/mol. The molecular weight excluding hydrogens is 386 g/mol. The molecule has 1 aliphatic rings. The van der Waals surface area contributed by atoms with Crippen LogP contribution in [0, 0.1) is 0 Å². The van der Waals surface area contributed by atoms with Crippen molar-refractivity contribution in [2.24, 2.45) is 0 Å². The molecule has 0 saturated carbocycles. The van der Waals surface area contributed by atoms with E-state index in [9.17, 15) is 5.11 Å². The number of aromatic nitrogens is 1. The maximum atomic E-state index is 9.45. The van der Waals surface area contributed by atoms with Crippen LogP contribution in [0.2, 0.25) is 5.02 Å². The predicted octanol–water partition coefficient (Wildman–Crippen LogP) is 3.65. The number of halogens is 1. The number of rotatable bonds is 10. The summed E-state index contributed by atoms with van der Waals surface area (Å²) >= 11 is 6.05. The normalized spacial score (nSPS) is 16.3. The van der Waals surface area contributed by atoms with Crippen LogP contribution in [0.5, 0.6) is 0 Å². The van der Waals surface area contributed by atoms with E-state index in [4.69, 9.17) is 16.3 Å². The van der Waals surface area contributed by atoms with Gasteiger partial charge in [-0.15, -0.1) is 0 Å². The summed E-state index contributed by atoms with van der Waals surface area (Å²) in [5.41, 5.74) is 1.26. The van der Waals surface area contributed by atoms with Crippen LogP contribution >= 0.6 is 11.6 Å². The number of aliphatic hydroxyl groups excluding tert-OH is 1. The van der Waals surface area contributed by atoms with Crippen molar-refractivity contribution in [2.75, 3.05) is 44.9 Å². The number of piperidine rings is 1. The molecule has 3 rings (SSSR count). The molecule has 0 aliphatic carbocycles. The highest BCUT2D eigenvalue weighted by Crippen LogP contribution is 2.24. The highest BCUT2D eigenvalue weighted by atomic mass is 35.5. The van der Waals surface area contributed by atoms with Crippen LogP contribution in [-0.4, -0.2) is 67.0 Å². The Kier molecular flexibility index (Phi) is 8.74. The zero-order valence-electron chi connectivity index (χ0n) is 17.2. The lowest BCUT2D eigenvalue weighted by Gasteiger charge is -2.42. The van der Waals surface area contributed by atoms with E-state index in [1.54, 1.807) is 7.11 Å². The van der Waals surface area contributed by atoms with E-state index in [0.717, 1.165) is 56.2 Å². The number of aliphatic hydroxyl groups is 1. The summed E-state index contributed by atoms with van der Waals surface area (Å²) in [6, 6.07) is 14.9. The van der Waals surface area contributed by atoms with E-state index in [2.05, 4.69) is 33.0 Å². The molecule has 2 heterocycles. The summed E-state index contributed by atoms with van der Waals surface area (Å²) < 4.78 is 5.59. The second-order valence-corrected chi connectivity index (χ2v) is 8.10. The molecule has 0 spiro atoms. The molecule has 29 heavy (non-hydrogen) atoms. The number of methoxy groups -OCH3 is 1. The average Bonchev–Trinajstić information content (AvgIpc) is 2.77. The minimum absolute atomic E-state index is 0.212. The van der Waals surface area contributed by atoms with Crippen LogP contribution in [0.1, 0.15) is 24.8 Å². The number of hydrogen-bond acceptors (Lipinski definition) is 5. The Morgan fingerprint density at radius 1 is 1.21 bits per heavy atom. The Balaban J connectivity index is 1.68. The molecule has 0 radical (unpaired) electrons. The molecule has 1 atom stereocenters. The average molecular weight is 418 g/mol. The number of ether oxygens (including phenoxy) is 1. The molecule has 6 heteroatoms. The topological polar surface area (TPSA) is 48.8 Å². The van der Waals surface area contributed by atoms with Crippen molar-refractivity contribution in [3.05, 3.63) is 59.2 Å². The number of anilines is 1. The fourth-order valence-electron chi connectivity index (χ4n) is 4.24. The molecule has 1 aromatic heterocycles. The molecule has 0 bridgehead atoms. The van der Waals surface area contributed by atoms with Crippen LogP contribution in [0.15, 0.2) is 48.7 Å². The van der Waals surface area contributed by atoms with Crippen molar-refractivity contribution in [1.29, 1.82) is 0 Å². The molecule has 1 saturated heterocycles. The molecular formula is C23H32ClN3O2.